The molecular weight excluding hydrogens is 196 g/mol. The third kappa shape index (κ3) is 4.84. The van der Waals surface area contributed by atoms with Crippen LogP contribution in [0.5, 0.6) is 0 Å². The number of nitrogens with one attached hydrogen (secondary N) is 1. The van der Waals surface area contributed by atoms with Gasteiger partial charge in [0, 0.05) is 19.1 Å². The van der Waals surface area contributed by atoms with E-state index in [-0.39, 0.29) is 0 Å². The van der Waals surface area contributed by atoms with Gasteiger partial charge in [-0.3, -0.25) is 0 Å². The molecule has 2 nitrogen and oxygen atoms in total. The minimum atomic E-state index is 0.632. The highest BCUT2D eigenvalue weighted by molar-refractivity contribution is 4.79. The first-order valence-electron chi connectivity index (χ1n) is 7.11. The lowest BCUT2D eigenvalue weighted by Gasteiger charge is -2.22. The number of nitrogens with zero attached hydrogens (tertiary/aromatic N) is 1. The molecule has 1 saturated heterocycles. The van der Waals surface area contributed by atoms with Gasteiger partial charge in [0.05, 0.1) is 0 Å². The van der Waals surface area contributed by atoms with Crippen LogP contribution in [0.15, 0.2) is 0 Å². The molecule has 0 aromatic heterocycles. The monoisotopic (exact) mass is 226 g/mol. The Balaban J connectivity index is 2.19. The highest BCUT2D eigenvalue weighted by Crippen LogP contribution is 2.19. The molecule has 1 fully saturated rings. The molecule has 1 rings (SSSR count). The molecule has 1 unspecified atom stereocenters. The van der Waals surface area contributed by atoms with Crippen LogP contribution in [0.4, 0.5) is 0 Å². The average molecular weight is 226 g/mol. The van der Waals surface area contributed by atoms with Gasteiger partial charge in [-0.05, 0) is 31.3 Å². The first kappa shape index (κ1) is 14.0. The minimum Gasteiger partial charge on any atom is -0.314 e. The van der Waals surface area contributed by atoms with Crippen molar-refractivity contribution in [3.8, 4) is 0 Å². The van der Waals surface area contributed by atoms with Crippen LogP contribution in [-0.4, -0.2) is 37.1 Å². The highest BCUT2D eigenvalue weighted by Gasteiger charge is 2.23. The Kier molecular flexibility index (Phi) is 6.37. The first-order valence-corrected chi connectivity index (χ1v) is 7.11. The maximum Gasteiger partial charge on any atom is 0.00224 e. The van der Waals surface area contributed by atoms with Gasteiger partial charge in [-0.15, -0.1) is 0 Å². The van der Waals surface area contributed by atoms with Crippen molar-refractivity contribution < 1.29 is 0 Å². The molecule has 1 heterocycles. The topological polar surface area (TPSA) is 15.3 Å². The summed E-state index contributed by atoms with van der Waals surface area (Å²) in [7, 11) is 0. The fourth-order valence-electron chi connectivity index (χ4n) is 2.56. The fourth-order valence-corrected chi connectivity index (χ4v) is 2.56. The largest absolute Gasteiger partial charge is 0.314 e. The molecular formula is C14H30N2. The van der Waals surface area contributed by atoms with E-state index < -0.39 is 0 Å². The predicted octanol–water partition coefficient (Wildman–Crippen LogP) is 2.74. The second-order valence-corrected chi connectivity index (χ2v) is 5.66. The fraction of sp³-hybridized carbons (Fsp3) is 1.00. The molecule has 0 spiro atoms. The van der Waals surface area contributed by atoms with E-state index >= 15 is 0 Å². The molecule has 1 atom stereocenters. The van der Waals surface area contributed by atoms with E-state index in [0.29, 0.717) is 6.04 Å². The Morgan fingerprint density at radius 2 is 1.94 bits per heavy atom. The standard InChI is InChI=1S/C14H30N2/c1-5-13(6-2)10-16-8-7-14(11-16)9-15-12(3)4/h12-15H,5-11H2,1-4H3. The zero-order valence-electron chi connectivity index (χ0n) is 11.6. The van der Waals surface area contributed by atoms with Gasteiger partial charge in [-0.25, -0.2) is 0 Å². The summed E-state index contributed by atoms with van der Waals surface area (Å²) in [6.07, 6.45) is 4.06. The molecule has 0 amide bonds. The van der Waals surface area contributed by atoms with Gasteiger partial charge in [0.25, 0.3) is 0 Å². The van der Waals surface area contributed by atoms with E-state index in [1.165, 1.54) is 45.4 Å². The minimum absolute atomic E-state index is 0.632. The van der Waals surface area contributed by atoms with Crippen LogP contribution in [0, 0.1) is 11.8 Å². The highest BCUT2D eigenvalue weighted by atomic mass is 15.2. The zero-order chi connectivity index (χ0) is 12.0. The smallest absolute Gasteiger partial charge is 0.00224 e. The summed E-state index contributed by atoms with van der Waals surface area (Å²) in [6, 6.07) is 0.632. The van der Waals surface area contributed by atoms with Crippen LogP contribution in [0.1, 0.15) is 47.0 Å². The number of hydrogen-bond donors (Lipinski definition) is 1. The van der Waals surface area contributed by atoms with Crippen LogP contribution in [0.2, 0.25) is 0 Å². The second kappa shape index (κ2) is 7.29. The van der Waals surface area contributed by atoms with Gasteiger partial charge in [0.2, 0.25) is 0 Å². The van der Waals surface area contributed by atoms with Gasteiger partial charge in [0.1, 0.15) is 0 Å². The summed E-state index contributed by atoms with van der Waals surface area (Å²) in [4.78, 5) is 2.67. The van der Waals surface area contributed by atoms with E-state index in [4.69, 9.17) is 0 Å². The molecule has 1 aliphatic heterocycles. The van der Waals surface area contributed by atoms with Gasteiger partial charge < -0.3 is 10.2 Å². The summed E-state index contributed by atoms with van der Waals surface area (Å²) in [5.41, 5.74) is 0. The molecule has 16 heavy (non-hydrogen) atoms. The van der Waals surface area contributed by atoms with Crippen LogP contribution in [-0.2, 0) is 0 Å². The number of rotatable bonds is 7. The van der Waals surface area contributed by atoms with Crippen molar-refractivity contribution in [2.24, 2.45) is 11.8 Å². The maximum absolute atomic E-state index is 3.56. The van der Waals surface area contributed by atoms with E-state index in [0.717, 1.165) is 11.8 Å². The number of likely N-dealkylation sites (tertiary alicyclic amines) is 1. The van der Waals surface area contributed by atoms with Crippen LogP contribution in [0.25, 0.3) is 0 Å². The zero-order valence-corrected chi connectivity index (χ0v) is 11.6. The van der Waals surface area contributed by atoms with Crippen molar-refractivity contribution in [2.75, 3.05) is 26.2 Å². The molecule has 0 aromatic carbocycles. The molecule has 1 aliphatic rings. The van der Waals surface area contributed by atoms with E-state index in [2.05, 4.69) is 37.9 Å². The lowest BCUT2D eigenvalue weighted by Crippen LogP contribution is -2.32. The summed E-state index contributed by atoms with van der Waals surface area (Å²) in [6.45, 7) is 14.3. The van der Waals surface area contributed by atoms with Crippen molar-refractivity contribution in [1.82, 2.24) is 10.2 Å². The predicted molar refractivity (Wildman–Crippen MR) is 71.8 cm³/mol. The second-order valence-electron chi connectivity index (χ2n) is 5.66. The Morgan fingerprint density at radius 3 is 2.50 bits per heavy atom. The van der Waals surface area contributed by atoms with Gasteiger partial charge in [-0.1, -0.05) is 40.5 Å². The Hall–Kier alpha value is -0.0800. The molecule has 0 radical (unpaired) electrons. The Labute approximate surface area is 102 Å². The maximum atomic E-state index is 3.56. The summed E-state index contributed by atoms with van der Waals surface area (Å²) in [5, 5.41) is 3.56. The van der Waals surface area contributed by atoms with Crippen molar-refractivity contribution in [2.45, 2.75) is 53.0 Å². The molecule has 0 aliphatic carbocycles. The van der Waals surface area contributed by atoms with E-state index in [1.54, 1.807) is 0 Å². The van der Waals surface area contributed by atoms with Crippen molar-refractivity contribution in [3.63, 3.8) is 0 Å². The SMILES string of the molecule is CCC(CC)CN1CCC(CNC(C)C)C1. The van der Waals surface area contributed by atoms with Crippen molar-refractivity contribution >= 4 is 0 Å². The third-order valence-corrected chi connectivity index (χ3v) is 3.86. The van der Waals surface area contributed by atoms with Crippen LogP contribution < -0.4 is 5.32 Å². The summed E-state index contributed by atoms with van der Waals surface area (Å²) in [5.74, 6) is 1.80. The lowest BCUT2D eigenvalue weighted by molar-refractivity contribution is 0.258. The summed E-state index contributed by atoms with van der Waals surface area (Å²) < 4.78 is 0. The van der Waals surface area contributed by atoms with Crippen LogP contribution in [0.3, 0.4) is 0 Å². The number of hydrogen-bond acceptors (Lipinski definition) is 2. The molecule has 2 heteroatoms. The molecule has 0 saturated carbocycles. The summed E-state index contributed by atoms with van der Waals surface area (Å²) >= 11 is 0. The lowest BCUT2D eigenvalue weighted by atomic mass is 10.0. The Bertz CT molecular complexity index is 176. The van der Waals surface area contributed by atoms with Gasteiger partial charge >= 0.3 is 0 Å². The molecule has 0 bridgehead atoms. The van der Waals surface area contributed by atoms with Crippen LogP contribution >= 0.6 is 0 Å². The normalized spacial score (nSPS) is 22.5. The third-order valence-electron chi connectivity index (χ3n) is 3.86. The van der Waals surface area contributed by atoms with Crippen molar-refractivity contribution in [1.29, 1.82) is 0 Å². The molecule has 0 aromatic rings. The van der Waals surface area contributed by atoms with E-state index in [1.807, 2.05) is 0 Å². The van der Waals surface area contributed by atoms with Gasteiger partial charge in [-0.2, -0.15) is 0 Å². The molecule has 96 valence electrons. The first-order chi connectivity index (χ1) is 7.65. The average Bonchev–Trinajstić information content (AvgIpc) is 2.70. The Morgan fingerprint density at radius 1 is 1.25 bits per heavy atom. The molecule has 1 N–H and O–H groups in total. The van der Waals surface area contributed by atoms with E-state index in [9.17, 15) is 0 Å². The quantitative estimate of drug-likeness (QED) is 0.718. The van der Waals surface area contributed by atoms with Gasteiger partial charge in [0.15, 0.2) is 0 Å². The van der Waals surface area contributed by atoms with Crippen molar-refractivity contribution in [3.05, 3.63) is 0 Å².